The summed E-state index contributed by atoms with van der Waals surface area (Å²) in [4.78, 5) is 0. The Balaban J connectivity index is 2.29. The number of nitrogens with one attached hydrogen (secondary N) is 1. The van der Waals surface area contributed by atoms with Crippen LogP contribution in [0.4, 0.5) is 0 Å². The van der Waals surface area contributed by atoms with Gasteiger partial charge < -0.3 is 10.1 Å². The molecule has 0 aromatic heterocycles. The Morgan fingerprint density at radius 2 is 2.22 bits per heavy atom. The zero-order chi connectivity index (χ0) is 6.69. The van der Waals surface area contributed by atoms with Crippen molar-refractivity contribution in [2.24, 2.45) is 0 Å². The van der Waals surface area contributed by atoms with E-state index in [9.17, 15) is 0 Å². The zero-order valence-electron chi connectivity index (χ0n) is 6.18. The van der Waals surface area contributed by atoms with E-state index >= 15 is 0 Å². The summed E-state index contributed by atoms with van der Waals surface area (Å²) in [5, 5.41) is 3.35. The van der Waals surface area contributed by atoms with Crippen LogP contribution in [0.2, 0.25) is 0 Å². The number of rotatable bonds is 0. The van der Waals surface area contributed by atoms with Crippen LogP contribution in [0.15, 0.2) is 0 Å². The Bertz CT molecular complexity index is 75.0. The molecule has 0 aromatic rings. The molecule has 0 aromatic carbocycles. The molecule has 0 aliphatic carbocycles. The SMILES string of the molecule is CC1CC(C)OCCN1. The second kappa shape index (κ2) is 3.18. The Morgan fingerprint density at radius 3 is 3.00 bits per heavy atom. The smallest absolute Gasteiger partial charge is 0.0594 e. The lowest BCUT2D eigenvalue weighted by Gasteiger charge is -2.10. The van der Waals surface area contributed by atoms with Crippen LogP contribution in [0, 0.1) is 0 Å². The molecule has 0 saturated carbocycles. The Labute approximate surface area is 56.6 Å². The molecule has 2 unspecified atom stereocenters. The van der Waals surface area contributed by atoms with Crippen LogP contribution < -0.4 is 5.32 Å². The molecule has 9 heavy (non-hydrogen) atoms. The number of hydrogen-bond donors (Lipinski definition) is 1. The van der Waals surface area contributed by atoms with E-state index < -0.39 is 0 Å². The van der Waals surface area contributed by atoms with Gasteiger partial charge in [-0.05, 0) is 20.3 Å². The van der Waals surface area contributed by atoms with E-state index in [4.69, 9.17) is 4.74 Å². The highest BCUT2D eigenvalue weighted by atomic mass is 16.5. The van der Waals surface area contributed by atoms with Crippen molar-refractivity contribution in [3.8, 4) is 0 Å². The maximum absolute atomic E-state index is 5.41. The third-order valence-corrected chi connectivity index (χ3v) is 1.68. The molecule has 0 bridgehead atoms. The lowest BCUT2D eigenvalue weighted by Crippen LogP contribution is -2.26. The van der Waals surface area contributed by atoms with Crippen LogP contribution in [0.5, 0.6) is 0 Å². The monoisotopic (exact) mass is 129 g/mol. The average Bonchev–Trinajstić information content (AvgIpc) is 1.93. The summed E-state index contributed by atoms with van der Waals surface area (Å²) in [5.74, 6) is 0. The van der Waals surface area contributed by atoms with Crippen molar-refractivity contribution in [3.63, 3.8) is 0 Å². The van der Waals surface area contributed by atoms with Crippen LogP contribution in [0.1, 0.15) is 20.3 Å². The maximum Gasteiger partial charge on any atom is 0.0594 e. The molecule has 0 amide bonds. The molecule has 2 atom stereocenters. The molecule has 54 valence electrons. The molecule has 2 nitrogen and oxygen atoms in total. The Morgan fingerprint density at radius 1 is 1.44 bits per heavy atom. The van der Waals surface area contributed by atoms with Gasteiger partial charge in [0.2, 0.25) is 0 Å². The summed E-state index contributed by atoms with van der Waals surface area (Å²) < 4.78 is 5.41. The van der Waals surface area contributed by atoms with E-state index in [1.165, 1.54) is 0 Å². The molecule has 1 aliphatic rings. The van der Waals surface area contributed by atoms with Gasteiger partial charge in [-0.1, -0.05) is 0 Å². The highest BCUT2D eigenvalue weighted by molar-refractivity contribution is 4.67. The fourth-order valence-corrected chi connectivity index (χ4v) is 1.21. The Kier molecular flexibility index (Phi) is 2.49. The molecule has 1 heterocycles. The molecular weight excluding hydrogens is 114 g/mol. The normalized spacial score (nSPS) is 38.0. The first-order valence-corrected chi connectivity index (χ1v) is 3.64. The van der Waals surface area contributed by atoms with Crippen LogP contribution in [0.25, 0.3) is 0 Å². The molecule has 0 spiro atoms. The van der Waals surface area contributed by atoms with Gasteiger partial charge in [-0.15, -0.1) is 0 Å². The molecule has 1 rings (SSSR count). The van der Waals surface area contributed by atoms with E-state index in [1.807, 2.05) is 0 Å². The first-order chi connectivity index (χ1) is 4.29. The van der Waals surface area contributed by atoms with Gasteiger partial charge in [0.05, 0.1) is 12.7 Å². The third-order valence-electron chi connectivity index (χ3n) is 1.68. The molecule has 1 aliphatic heterocycles. The minimum absolute atomic E-state index is 0.440. The molecule has 1 N–H and O–H groups in total. The highest BCUT2D eigenvalue weighted by Crippen LogP contribution is 2.04. The predicted molar refractivity (Wildman–Crippen MR) is 37.5 cm³/mol. The first-order valence-electron chi connectivity index (χ1n) is 3.64. The Hall–Kier alpha value is -0.0800. The second-order valence-corrected chi connectivity index (χ2v) is 2.77. The van der Waals surface area contributed by atoms with Gasteiger partial charge in [0.15, 0.2) is 0 Å². The summed E-state index contributed by atoms with van der Waals surface area (Å²) in [6.07, 6.45) is 1.58. The van der Waals surface area contributed by atoms with Crippen molar-refractivity contribution in [1.29, 1.82) is 0 Å². The number of ether oxygens (including phenoxy) is 1. The van der Waals surface area contributed by atoms with E-state index in [-0.39, 0.29) is 0 Å². The standard InChI is InChI=1S/C7H15NO/c1-6-5-7(2)9-4-3-8-6/h6-8H,3-5H2,1-2H3. The van der Waals surface area contributed by atoms with Gasteiger partial charge in [0.1, 0.15) is 0 Å². The van der Waals surface area contributed by atoms with E-state index in [1.54, 1.807) is 0 Å². The van der Waals surface area contributed by atoms with Crippen molar-refractivity contribution in [3.05, 3.63) is 0 Å². The van der Waals surface area contributed by atoms with Crippen molar-refractivity contribution < 1.29 is 4.74 Å². The van der Waals surface area contributed by atoms with E-state index in [2.05, 4.69) is 19.2 Å². The fraction of sp³-hybridized carbons (Fsp3) is 1.00. The van der Waals surface area contributed by atoms with E-state index in [0.717, 1.165) is 19.6 Å². The van der Waals surface area contributed by atoms with Crippen LogP contribution >= 0.6 is 0 Å². The molecule has 2 heteroatoms. The van der Waals surface area contributed by atoms with Gasteiger partial charge in [0.25, 0.3) is 0 Å². The second-order valence-electron chi connectivity index (χ2n) is 2.77. The zero-order valence-corrected chi connectivity index (χ0v) is 6.18. The van der Waals surface area contributed by atoms with Crippen molar-refractivity contribution in [1.82, 2.24) is 5.32 Å². The van der Waals surface area contributed by atoms with Crippen molar-refractivity contribution in [2.75, 3.05) is 13.2 Å². The molecule has 1 fully saturated rings. The lowest BCUT2D eigenvalue weighted by molar-refractivity contribution is 0.0760. The quantitative estimate of drug-likeness (QED) is 0.521. The largest absolute Gasteiger partial charge is 0.377 e. The molecule has 1 saturated heterocycles. The summed E-state index contributed by atoms with van der Waals surface area (Å²) in [7, 11) is 0. The summed E-state index contributed by atoms with van der Waals surface area (Å²) >= 11 is 0. The predicted octanol–water partition coefficient (Wildman–Crippen LogP) is 0.773. The summed E-state index contributed by atoms with van der Waals surface area (Å²) in [5.41, 5.74) is 0. The van der Waals surface area contributed by atoms with Gasteiger partial charge >= 0.3 is 0 Å². The van der Waals surface area contributed by atoms with E-state index in [0.29, 0.717) is 12.1 Å². The lowest BCUT2D eigenvalue weighted by atomic mass is 10.2. The summed E-state index contributed by atoms with van der Waals surface area (Å²) in [6, 6.07) is 0.627. The highest BCUT2D eigenvalue weighted by Gasteiger charge is 2.11. The van der Waals surface area contributed by atoms with Gasteiger partial charge in [-0.2, -0.15) is 0 Å². The summed E-state index contributed by atoms with van der Waals surface area (Å²) in [6.45, 7) is 6.20. The minimum Gasteiger partial charge on any atom is -0.377 e. The van der Waals surface area contributed by atoms with Gasteiger partial charge in [-0.25, -0.2) is 0 Å². The van der Waals surface area contributed by atoms with Gasteiger partial charge in [-0.3, -0.25) is 0 Å². The topological polar surface area (TPSA) is 21.3 Å². The molecular formula is C7H15NO. The van der Waals surface area contributed by atoms with Crippen LogP contribution in [0.3, 0.4) is 0 Å². The van der Waals surface area contributed by atoms with Crippen LogP contribution in [-0.4, -0.2) is 25.3 Å². The van der Waals surface area contributed by atoms with Crippen LogP contribution in [-0.2, 0) is 4.74 Å². The fourth-order valence-electron chi connectivity index (χ4n) is 1.21. The number of hydrogen-bond acceptors (Lipinski definition) is 2. The minimum atomic E-state index is 0.440. The van der Waals surface area contributed by atoms with Gasteiger partial charge in [0, 0.05) is 12.6 Å². The molecule has 0 radical (unpaired) electrons. The first kappa shape index (κ1) is 7.03. The average molecular weight is 129 g/mol. The third kappa shape index (κ3) is 2.33. The van der Waals surface area contributed by atoms with Crippen molar-refractivity contribution in [2.45, 2.75) is 32.4 Å². The van der Waals surface area contributed by atoms with Crippen molar-refractivity contribution >= 4 is 0 Å². The maximum atomic E-state index is 5.41.